The van der Waals surface area contributed by atoms with Crippen LogP contribution in [0.5, 0.6) is 0 Å². The van der Waals surface area contributed by atoms with E-state index < -0.39 is 11.7 Å². The Bertz CT molecular complexity index is 614. The number of fused-ring (bicyclic) bond motifs is 2. The first-order valence-electron chi connectivity index (χ1n) is 7.30. The van der Waals surface area contributed by atoms with Crippen molar-refractivity contribution < 1.29 is 15.0 Å². The van der Waals surface area contributed by atoms with Gasteiger partial charge in [-0.05, 0) is 37.5 Å². The molecule has 2 N–H and O–H groups in total. The standard InChI is InChI=1S/C17H19NO3/c1-12-3-2-4-13(9-12)7-8-17(21)10-14-5-6-15(11-17)18(14)16(19)20/h2-4,9,14-15,21H,5-6,10-11H2,1H3,(H,19,20). The van der Waals surface area contributed by atoms with Gasteiger partial charge in [0.15, 0.2) is 0 Å². The van der Waals surface area contributed by atoms with Crippen LogP contribution in [0.2, 0.25) is 0 Å². The maximum Gasteiger partial charge on any atom is 0.407 e. The third-order valence-corrected chi connectivity index (χ3v) is 4.44. The van der Waals surface area contributed by atoms with Gasteiger partial charge in [-0.1, -0.05) is 24.0 Å². The molecule has 2 heterocycles. The zero-order chi connectivity index (χ0) is 15.0. The van der Waals surface area contributed by atoms with Gasteiger partial charge in [0.25, 0.3) is 0 Å². The van der Waals surface area contributed by atoms with Gasteiger partial charge in [-0.3, -0.25) is 0 Å². The Balaban J connectivity index is 1.80. The van der Waals surface area contributed by atoms with Gasteiger partial charge >= 0.3 is 6.09 Å². The van der Waals surface area contributed by atoms with Crippen molar-refractivity contribution in [3.63, 3.8) is 0 Å². The fraction of sp³-hybridized carbons (Fsp3) is 0.471. The van der Waals surface area contributed by atoms with Crippen molar-refractivity contribution in [2.45, 2.75) is 50.3 Å². The molecular weight excluding hydrogens is 266 g/mol. The molecule has 21 heavy (non-hydrogen) atoms. The lowest BCUT2D eigenvalue weighted by molar-refractivity contribution is -0.00378. The maximum absolute atomic E-state index is 11.3. The zero-order valence-corrected chi connectivity index (χ0v) is 12.0. The summed E-state index contributed by atoms with van der Waals surface area (Å²) < 4.78 is 0. The summed E-state index contributed by atoms with van der Waals surface area (Å²) in [5, 5.41) is 19.9. The fourth-order valence-corrected chi connectivity index (χ4v) is 3.55. The molecule has 4 nitrogen and oxygen atoms in total. The maximum atomic E-state index is 11.3. The zero-order valence-electron chi connectivity index (χ0n) is 12.0. The number of hydrogen-bond acceptors (Lipinski definition) is 2. The van der Waals surface area contributed by atoms with Gasteiger partial charge in [-0.25, -0.2) is 4.79 Å². The number of aliphatic hydroxyl groups is 1. The number of aryl methyl sites for hydroxylation is 1. The lowest BCUT2D eigenvalue weighted by atomic mass is 9.86. The Morgan fingerprint density at radius 2 is 2.00 bits per heavy atom. The first-order chi connectivity index (χ1) is 9.97. The van der Waals surface area contributed by atoms with Crippen molar-refractivity contribution in [3.05, 3.63) is 35.4 Å². The number of nitrogens with zero attached hydrogens (tertiary/aromatic N) is 1. The number of rotatable bonds is 0. The normalized spacial score (nSPS) is 30.7. The van der Waals surface area contributed by atoms with E-state index in [0.29, 0.717) is 12.8 Å². The van der Waals surface area contributed by atoms with Gasteiger partial charge in [0, 0.05) is 30.5 Å². The molecule has 1 aromatic carbocycles. The molecule has 2 unspecified atom stereocenters. The smallest absolute Gasteiger partial charge is 0.407 e. The molecule has 2 bridgehead atoms. The molecule has 1 aromatic rings. The quantitative estimate of drug-likeness (QED) is 0.719. The SMILES string of the molecule is Cc1cccc(C#CC2(O)CC3CCC(C2)N3C(=O)O)c1. The number of amides is 1. The van der Waals surface area contributed by atoms with E-state index in [0.717, 1.165) is 24.0 Å². The van der Waals surface area contributed by atoms with Crippen LogP contribution < -0.4 is 0 Å². The van der Waals surface area contributed by atoms with Gasteiger partial charge in [0.2, 0.25) is 0 Å². The van der Waals surface area contributed by atoms with Crippen molar-refractivity contribution >= 4 is 6.09 Å². The Morgan fingerprint density at radius 3 is 2.57 bits per heavy atom. The van der Waals surface area contributed by atoms with Crippen LogP contribution >= 0.6 is 0 Å². The molecule has 0 aliphatic carbocycles. The number of carbonyl (C=O) groups is 1. The second kappa shape index (κ2) is 5.09. The third-order valence-electron chi connectivity index (χ3n) is 4.44. The Kier molecular flexibility index (Phi) is 3.38. The van der Waals surface area contributed by atoms with E-state index in [1.165, 1.54) is 4.90 Å². The monoisotopic (exact) mass is 285 g/mol. The first-order valence-corrected chi connectivity index (χ1v) is 7.30. The summed E-state index contributed by atoms with van der Waals surface area (Å²) in [6.45, 7) is 2.01. The van der Waals surface area contributed by atoms with Crippen molar-refractivity contribution in [2.75, 3.05) is 0 Å². The van der Waals surface area contributed by atoms with Crippen LogP contribution in [-0.2, 0) is 0 Å². The second-order valence-corrected chi connectivity index (χ2v) is 6.13. The van der Waals surface area contributed by atoms with Crippen molar-refractivity contribution in [3.8, 4) is 11.8 Å². The largest absolute Gasteiger partial charge is 0.465 e. The van der Waals surface area contributed by atoms with Crippen LogP contribution in [0.1, 0.15) is 36.8 Å². The Labute approximate surface area is 124 Å². The van der Waals surface area contributed by atoms with Crippen molar-refractivity contribution in [1.82, 2.24) is 4.90 Å². The molecule has 0 spiro atoms. The molecule has 2 aliphatic rings. The highest BCUT2D eigenvalue weighted by atomic mass is 16.4. The molecule has 0 radical (unpaired) electrons. The third kappa shape index (κ3) is 2.74. The van der Waals surface area contributed by atoms with Gasteiger partial charge < -0.3 is 15.1 Å². The minimum absolute atomic E-state index is 0.0990. The van der Waals surface area contributed by atoms with Gasteiger partial charge in [0.1, 0.15) is 5.60 Å². The van der Waals surface area contributed by atoms with Crippen LogP contribution in [0.25, 0.3) is 0 Å². The van der Waals surface area contributed by atoms with E-state index in [9.17, 15) is 15.0 Å². The highest BCUT2D eigenvalue weighted by Crippen LogP contribution is 2.40. The summed E-state index contributed by atoms with van der Waals surface area (Å²) >= 11 is 0. The van der Waals surface area contributed by atoms with Gasteiger partial charge in [0.05, 0.1) is 0 Å². The molecule has 2 atom stereocenters. The minimum Gasteiger partial charge on any atom is -0.465 e. The summed E-state index contributed by atoms with van der Waals surface area (Å²) in [4.78, 5) is 12.8. The molecule has 4 heteroatoms. The molecule has 2 aliphatic heterocycles. The molecule has 2 saturated heterocycles. The highest BCUT2D eigenvalue weighted by Gasteiger charge is 2.48. The number of piperidine rings is 1. The van der Waals surface area contributed by atoms with E-state index >= 15 is 0 Å². The van der Waals surface area contributed by atoms with Crippen LogP contribution in [0.15, 0.2) is 24.3 Å². The van der Waals surface area contributed by atoms with Crippen LogP contribution in [0, 0.1) is 18.8 Å². The lowest BCUT2D eigenvalue weighted by Gasteiger charge is -2.39. The Morgan fingerprint density at radius 1 is 1.33 bits per heavy atom. The predicted octanol–water partition coefficient (Wildman–Crippen LogP) is 2.38. The molecule has 2 fully saturated rings. The van der Waals surface area contributed by atoms with Crippen molar-refractivity contribution in [1.29, 1.82) is 0 Å². The molecule has 3 rings (SSSR count). The number of carboxylic acid groups (broad SMARTS) is 1. The summed E-state index contributed by atoms with van der Waals surface area (Å²) in [5.41, 5.74) is 0.952. The van der Waals surface area contributed by atoms with E-state index in [-0.39, 0.29) is 12.1 Å². The van der Waals surface area contributed by atoms with E-state index in [1.807, 2.05) is 31.2 Å². The predicted molar refractivity (Wildman–Crippen MR) is 78.9 cm³/mol. The highest BCUT2D eigenvalue weighted by molar-refractivity contribution is 5.67. The lowest BCUT2D eigenvalue weighted by Crippen LogP contribution is -2.52. The summed E-state index contributed by atoms with van der Waals surface area (Å²) in [7, 11) is 0. The number of hydrogen-bond donors (Lipinski definition) is 2. The second-order valence-electron chi connectivity index (χ2n) is 6.13. The van der Waals surface area contributed by atoms with Crippen LogP contribution in [0.3, 0.4) is 0 Å². The topological polar surface area (TPSA) is 60.8 Å². The van der Waals surface area contributed by atoms with Crippen LogP contribution in [0.4, 0.5) is 4.79 Å². The van der Waals surface area contributed by atoms with Crippen molar-refractivity contribution in [2.24, 2.45) is 0 Å². The Hall–Kier alpha value is -1.99. The van der Waals surface area contributed by atoms with Crippen LogP contribution in [-0.4, -0.2) is 38.9 Å². The molecule has 1 amide bonds. The fourth-order valence-electron chi connectivity index (χ4n) is 3.55. The van der Waals surface area contributed by atoms with E-state index in [2.05, 4.69) is 11.8 Å². The molecule has 110 valence electrons. The average molecular weight is 285 g/mol. The van der Waals surface area contributed by atoms with E-state index in [4.69, 9.17) is 0 Å². The summed E-state index contributed by atoms with van der Waals surface area (Å²) in [6, 6.07) is 7.66. The average Bonchev–Trinajstić information content (AvgIpc) is 2.71. The summed E-state index contributed by atoms with van der Waals surface area (Å²) in [5.74, 6) is 6.03. The number of benzene rings is 1. The van der Waals surface area contributed by atoms with Gasteiger partial charge in [-0.15, -0.1) is 0 Å². The van der Waals surface area contributed by atoms with E-state index in [1.54, 1.807) is 0 Å². The summed E-state index contributed by atoms with van der Waals surface area (Å²) in [6.07, 6.45) is 1.59. The molecule has 0 saturated carbocycles. The first kappa shape index (κ1) is 14.0. The minimum atomic E-state index is -1.07. The van der Waals surface area contributed by atoms with Gasteiger partial charge in [-0.2, -0.15) is 0 Å². The molecular formula is C17H19NO3. The molecule has 0 aromatic heterocycles.